The molecule has 118 valence electrons. The van der Waals surface area contributed by atoms with Crippen LogP contribution in [0.1, 0.15) is 22.8 Å². The number of carbonyl (C=O) groups is 1. The van der Waals surface area contributed by atoms with E-state index < -0.39 is 0 Å². The molecule has 1 aliphatic heterocycles. The smallest absolute Gasteiger partial charge is 0.338 e. The van der Waals surface area contributed by atoms with Crippen LogP contribution in [-0.4, -0.2) is 19.1 Å². The first kappa shape index (κ1) is 15.4. The van der Waals surface area contributed by atoms with Gasteiger partial charge in [-0.1, -0.05) is 23.7 Å². The predicted molar refractivity (Wildman–Crippen MR) is 92.3 cm³/mol. The van der Waals surface area contributed by atoms with Gasteiger partial charge in [-0.3, -0.25) is 10.4 Å². The summed E-state index contributed by atoms with van der Waals surface area (Å²) >= 11 is 5.92. The highest BCUT2D eigenvalue weighted by molar-refractivity contribution is 6.30. The van der Waals surface area contributed by atoms with E-state index in [-0.39, 0.29) is 5.97 Å². The molecule has 1 N–H and O–H groups in total. The Morgan fingerprint density at radius 1 is 1.17 bits per heavy atom. The van der Waals surface area contributed by atoms with E-state index in [1.54, 1.807) is 19.1 Å². The monoisotopic (exact) mass is 328 g/mol. The topological polar surface area (TPSA) is 41.6 Å². The van der Waals surface area contributed by atoms with E-state index >= 15 is 0 Å². The molecule has 0 saturated heterocycles. The van der Waals surface area contributed by atoms with Crippen LogP contribution < -0.4 is 10.4 Å². The molecule has 0 atom stereocenters. The number of benzene rings is 2. The quantitative estimate of drug-likeness (QED) is 0.865. The molecule has 2 aromatic rings. The molecular weight excluding hydrogens is 312 g/mol. The average Bonchev–Trinajstić information content (AvgIpc) is 3.06. The van der Waals surface area contributed by atoms with Gasteiger partial charge < -0.3 is 4.74 Å². The Morgan fingerprint density at radius 2 is 1.87 bits per heavy atom. The number of nitrogens with zero attached hydrogens (tertiary/aromatic N) is 1. The van der Waals surface area contributed by atoms with Crippen LogP contribution in [0.4, 0.5) is 5.69 Å². The van der Waals surface area contributed by atoms with Crippen LogP contribution in [0.3, 0.4) is 0 Å². The van der Waals surface area contributed by atoms with Crippen LogP contribution in [0.2, 0.25) is 5.02 Å². The molecular formula is C18H17ClN2O2. The van der Waals surface area contributed by atoms with Gasteiger partial charge >= 0.3 is 5.97 Å². The lowest BCUT2D eigenvalue weighted by Gasteiger charge is -2.20. The van der Waals surface area contributed by atoms with Crippen molar-refractivity contribution in [1.29, 1.82) is 0 Å². The fraction of sp³-hybridized carbons (Fsp3) is 0.167. The average molecular weight is 329 g/mol. The number of hydrogen-bond acceptors (Lipinski definition) is 4. The second kappa shape index (κ2) is 6.75. The number of rotatable bonds is 4. The first-order chi connectivity index (χ1) is 11.2. The maximum Gasteiger partial charge on any atom is 0.338 e. The number of hydrogen-bond donors (Lipinski definition) is 1. The maximum absolute atomic E-state index is 11.7. The summed E-state index contributed by atoms with van der Waals surface area (Å²) in [5.74, 6) is -0.298. The summed E-state index contributed by atoms with van der Waals surface area (Å²) in [7, 11) is 0. The lowest BCUT2D eigenvalue weighted by molar-refractivity contribution is 0.0526. The standard InChI is InChI=1S/C18H17ClN2O2/c1-2-23-18(22)14-5-9-16(10-6-14)21-12-11-17(20-21)13-3-7-15(19)8-4-13/h3-11,20H,2,12H2,1H3. The van der Waals surface area contributed by atoms with Crippen LogP contribution in [-0.2, 0) is 4.74 Å². The Hall–Kier alpha value is -2.46. The molecule has 0 unspecified atom stereocenters. The minimum absolute atomic E-state index is 0.298. The zero-order chi connectivity index (χ0) is 16.2. The molecule has 2 aromatic carbocycles. The molecule has 0 bridgehead atoms. The summed E-state index contributed by atoms with van der Waals surface area (Å²) in [6.45, 7) is 2.92. The SMILES string of the molecule is CCOC(=O)c1ccc(N2CC=C(c3ccc(Cl)cc3)N2)cc1. The summed E-state index contributed by atoms with van der Waals surface area (Å²) in [6, 6.07) is 15.1. The lowest BCUT2D eigenvalue weighted by atomic mass is 10.1. The first-order valence-electron chi connectivity index (χ1n) is 7.45. The van der Waals surface area contributed by atoms with E-state index in [4.69, 9.17) is 16.3 Å². The van der Waals surface area contributed by atoms with Crippen molar-refractivity contribution in [2.45, 2.75) is 6.92 Å². The third kappa shape index (κ3) is 3.48. The molecule has 0 fully saturated rings. The van der Waals surface area contributed by atoms with Crippen molar-refractivity contribution < 1.29 is 9.53 Å². The summed E-state index contributed by atoms with van der Waals surface area (Å²) in [5.41, 5.74) is 7.01. The number of carbonyl (C=O) groups excluding carboxylic acids is 1. The highest BCUT2D eigenvalue weighted by atomic mass is 35.5. The van der Waals surface area contributed by atoms with Crippen LogP contribution in [0.15, 0.2) is 54.6 Å². The van der Waals surface area contributed by atoms with Gasteiger partial charge in [-0.05, 0) is 55.0 Å². The molecule has 0 radical (unpaired) electrons. The van der Waals surface area contributed by atoms with E-state index in [0.29, 0.717) is 12.2 Å². The van der Waals surface area contributed by atoms with Gasteiger partial charge in [0.1, 0.15) is 0 Å². The zero-order valence-electron chi connectivity index (χ0n) is 12.8. The maximum atomic E-state index is 11.7. The van der Waals surface area contributed by atoms with Crippen molar-refractivity contribution in [1.82, 2.24) is 5.43 Å². The summed E-state index contributed by atoms with van der Waals surface area (Å²) < 4.78 is 4.99. The van der Waals surface area contributed by atoms with E-state index in [0.717, 1.165) is 28.5 Å². The van der Waals surface area contributed by atoms with Gasteiger partial charge in [0, 0.05) is 5.02 Å². The molecule has 4 nitrogen and oxygen atoms in total. The van der Waals surface area contributed by atoms with Crippen LogP contribution in [0.5, 0.6) is 0 Å². The number of ether oxygens (including phenoxy) is 1. The molecule has 1 heterocycles. The minimum atomic E-state index is -0.298. The van der Waals surface area contributed by atoms with Gasteiger partial charge in [-0.2, -0.15) is 0 Å². The molecule has 0 amide bonds. The molecule has 0 spiro atoms. The van der Waals surface area contributed by atoms with E-state index in [9.17, 15) is 4.79 Å². The van der Waals surface area contributed by atoms with E-state index in [1.807, 2.05) is 41.4 Å². The van der Waals surface area contributed by atoms with Gasteiger partial charge in [0.25, 0.3) is 0 Å². The molecule has 5 heteroatoms. The first-order valence-corrected chi connectivity index (χ1v) is 7.82. The number of hydrazine groups is 1. The third-order valence-electron chi connectivity index (χ3n) is 3.58. The van der Waals surface area contributed by atoms with Crippen LogP contribution in [0.25, 0.3) is 5.70 Å². The van der Waals surface area contributed by atoms with Crippen molar-refractivity contribution in [2.75, 3.05) is 18.2 Å². The number of anilines is 1. The van der Waals surface area contributed by atoms with Gasteiger partial charge in [0.15, 0.2) is 0 Å². The Kier molecular flexibility index (Phi) is 4.53. The molecule has 0 saturated carbocycles. The summed E-state index contributed by atoms with van der Waals surface area (Å²) in [4.78, 5) is 11.7. The number of nitrogens with one attached hydrogen (secondary N) is 1. The number of halogens is 1. The fourth-order valence-corrected chi connectivity index (χ4v) is 2.52. The molecule has 3 rings (SSSR count). The second-order valence-electron chi connectivity index (χ2n) is 5.11. The van der Waals surface area contributed by atoms with Gasteiger partial charge in [-0.25, -0.2) is 4.79 Å². The Bertz CT molecular complexity index is 724. The molecule has 0 aliphatic carbocycles. The predicted octanol–water partition coefficient (Wildman–Crippen LogP) is 3.88. The Labute approximate surface area is 140 Å². The molecule has 1 aliphatic rings. The lowest BCUT2D eigenvalue weighted by Crippen LogP contribution is -2.31. The van der Waals surface area contributed by atoms with Crippen molar-refractivity contribution in [2.24, 2.45) is 0 Å². The van der Waals surface area contributed by atoms with Gasteiger partial charge in [0.05, 0.1) is 30.1 Å². The summed E-state index contributed by atoms with van der Waals surface area (Å²) in [6.07, 6.45) is 2.11. The highest BCUT2D eigenvalue weighted by Gasteiger charge is 2.15. The number of esters is 1. The second-order valence-corrected chi connectivity index (χ2v) is 5.55. The van der Waals surface area contributed by atoms with Crippen molar-refractivity contribution in [3.63, 3.8) is 0 Å². The molecule has 0 aromatic heterocycles. The normalized spacial score (nSPS) is 13.5. The van der Waals surface area contributed by atoms with E-state index in [1.165, 1.54) is 0 Å². The van der Waals surface area contributed by atoms with Crippen LogP contribution >= 0.6 is 11.6 Å². The van der Waals surface area contributed by atoms with Gasteiger partial charge in [0.2, 0.25) is 0 Å². The van der Waals surface area contributed by atoms with Gasteiger partial charge in [-0.15, -0.1) is 0 Å². The van der Waals surface area contributed by atoms with Crippen LogP contribution in [0, 0.1) is 0 Å². The Morgan fingerprint density at radius 3 is 2.52 bits per heavy atom. The highest BCUT2D eigenvalue weighted by Crippen LogP contribution is 2.23. The third-order valence-corrected chi connectivity index (χ3v) is 3.83. The minimum Gasteiger partial charge on any atom is -0.462 e. The van der Waals surface area contributed by atoms with Crippen molar-refractivity contribution in [3.8, 4) is 0 Å². The Balaban J connectivity index is 1.68. The molecule has 23 heavy (non-hydrogen) atoms. The van der Waals surface area contributed by atoms with Crippen molar-refractivity contribution >= 4 is 29.0 Å². The van der Waals surface area contributed by atoms with Crippen molar-refractivity contribution in [3.05, 3.63) is 70.8 Å². The zero-order valence-corrected chi connectivity index (χ0v) is 13.5. The fourth-order valence-electron chi connectivity index (χ4n) is 2.39. The largest absolute Gasteiger partial charge is 0.462 e. The van der Waals surface area contributed by atoms with E-state index in [2.05, 4.69) is 11.5 Å². The summed E-state index contributed by atoms with van der Waals surface area (Å²) in [5, 5.41) is 2.73.